The quantitative estimate of drug-likeness (QED) is 0.586. The predicted octanol–water partition coefficient (Wildman–Crippen LogP) is 4.77. The predicted molar refractivity (Wildman–Crippen MR) is 124 cm³/mol. The molecular formula is C26H28N2O5. The molecule has 0 unspecified atom stereocenters. The molecule has 33 heavy (non-hydrogen) atoms. The normalized spacial score (nSPS) is 18.5. The summed E-state index contributed by atoms with van der Waals surface area (Å²) in [4.78, 5) is 42.2. The van der Waals surface area contributed by atoms with Crippen molar-refractivity contribution in [2.24, 2.45) is 0 Å². The number of aromatic carboxylic acids is 1. The molecule has 0 saturated carbocycles. The summed E-state index contributed by atoms with van der Waals surface area (Å²) in [6.45, 7) is 5.88. The Kier molecular flexibility index (Phi) is 5.97. The molecule has 1 aromatic heterocycles. The highest BCUT2D eigenvalue weighted by molar-refractivity contribution is 5.95. The van der Waals surface area contributed by atoms with Crippen LogP contribution in [0, 0.1) is 0 Å². The van der Waals surface area contributed by atoms with Crippen molar-refractivity contribution in [3.8, 4) is 0 Å². The van der Waals surface area contributed by atoms with Crippen LogP contribution in [-0.2, 0) is 16.0 Å². The van der Waals surface area contributed by atoms with E-state index in [0.717, 1.165) is 16.5 Å². The highest BCUT2D eigenvalue weighted by atomic mass is 16.6. The van der Waals surface area contributed by atoms with Crippen LogP contribution in [0.25, 0.3) is 10.9 Å². The van der Waals surface area contributed by atoms with Crippen molar-refractivity contribution in [1.82, 2.24) is 9.88 Å². The molecule has 1 aliphatic rings. The number of rotatable bonds is 5. The molecule has 2 heterocycles. The molecule has 0 spiro atoms. The Morgan fingerprint density at radius 2 is 1.82 bits per heavy atom. The Bertz CT molecular complexity index is 1190. The minimum Gasteiger partial charge on any atom is -0.477 e. The summed E-state index contributed by atoms with van der Waals surface area (Å²) in [6, 6.07) is 16.1. The Labute approximate surface area is 192 Å². The number of aromatic amines is 1. The van der Waals surface area contributed by atoms with E-state index in [4.69, 9.17) is 4.74 Å². The first-order valence-corrected chi connectivity index (χ1v) is 11.0. The molecule has 2 aromatic carbocycles. The number of carbonyl (C=O) groups excluding carboxylic acids is 2. The molecular weight excluding hydrogens is 420 g/mol. The number of amides is 1. The number of nitrogens with zero attached hydrogens (tertiary/aromatic N) is 1. The van der Waals surface area contributed by atoms with Gasteiger partial charge in [0.25, 0.3) is 0 Å². The first-order valence-electron chi connectivity index (χ1n) is 11.0. The third kappa shape index (κ3) is 4.92. The first-order chi connectivity index (χ1) is 15.6. The van der Waals surface area contributed by atoms with Crippen LogP contribution in [-0.4, -0.2) is 51.0 Å². The van der Waals surface area contributed by atoms with Crippen LogP contribution >= 0.6 is 0 Å². The van der Waals surface area contributed by atoms with Crippen LogP contribution in [0.3, 0.4) is 0 Å². The van der Waals surface area contributed by atoms with Crippen molar-refractivity contribution < 1.29 is 24.2 Å². The maximum atomic E-state index is 13.6. The van der Waals surface area contributed by atoms with Gasteiger partial charge in [0.15, 0.2) is 5.78 Å². The second kappa shape index (κ2) is 8.73. The molecule has 4 rings (SSSR count). The van der Waals surface area contributed by atoms with E-state index in [1.807, 2.05) is 63.2 Å². The molecule has 2 atom stereocenters. The van der Waals surface area contributed by atoms with Gasteiger partial charge < -0.3 is 14.8 Å². The van der Waals surface area contributed by atoms with E-state index in [9.17, 15) is 19.5 Å². The van der Waals surface area contributed by atoms with Gasteiger partial charge in [-0.2, -0.15) is 0 Å². The Hall–Kier alpha value is -3.61. The second-order valence-corrected chi connectivity index (χ2v) is 9.48. The monoisotopic (exact) mass is 448 g/mol. The number of fused-ring (bicyclic) bond motifs is 1. The summed E-state index contributed by atoms with van der Waals surface area (Å²) >= 11 is 0. The van der Waals surface area contributed by atoms with E-state index in [1.165, 1.54) is 0 Å². The fraction of sp³-hybridized carbons (Fsp3) is 0.346. The lowest BCUT2D eigenvalue weighted by molar-refractivity contribution is -0.123. The maximum Gasteiger partial charge on any atom is 0.410 e. The minimum atomic E-state index is -1.03. The van der Waals surface area contributed by atoms with Gasteiger partial charge in [-0.25, -0.2) is 9.59 Å². The number of likely N-dealkylation sites (tertiary alicyclic amines) is 1. The van der Waals surface area contributed by atoms with Crippen molar-refractivity contribution in [3.63, 3.8) is 0 Å². The van der Waals surface area contributed by atoms with Crippen molar-refractivity contribution in [2.45, 2.75) is 51.2 Å². The zero-order valence-electron chi connectivity index (χ0n) is 19.0. The molecule has 1 aliphatic heterocycles. The van der Waals surface area contributed by atoms with Crippen LogP contribution in [0.1, 0.15) is 54.7 Å². The number of benzene rings is 2. The first kappa shape index (κ1) is 22.6. The number of Topliss-reactive ketones (excluding diaryl/α,β-unsaturated/α-hetero) is 1. The Morgan fingerprint density at radius 1 is 1.09 bits per heavy atom. The van der Waals surface area contributed by atoms with E-state index < -0.39 is 23.7 Å². The SMILES string of the molecule is CC(C)(C)OC(=O)N1CC[C@@H](c2ccccc2)[C@H]1C(=O)Cc1ccc2[nH]c(C(=O)O)cc2c1. The molecule has 7 heteroatoms. The van der Waals surface area contributed by atoms with Gasteiger partial charge in [0.2, 0.25) is 0 Å². The molecule has 1 saturated heterocycles. The fourth-order valence-electron chi connectivity index (χ4n) is 4.48. The van der Waals surface area contributed by atoms with Gasteiger partial charge in [-0.3, -0.25) is 9.69 Å². The van der Waals surface area contributed by atoms with Gasteiger partial charge in [0.1, 0.15) is 17.3 Å². The minimum absolute atomic E-state index is 0.0689. The summed E-state index contributed by atoms with van der Waals surface area (Å²) < 4.78 is 5.59. The lowest BCUT2D eigenvalue weighted by atomic mass is 9.87. The standard InChI is InChI=1S/C26H28N2O5/c1-26(2,3)33-25(32)28-12-11-19(17-7-5-4-6-8-17)23(28)22(29)14-16-9-10-20-18(13-16)15-21(27-20)24(30)31/h4-10,13,15,19,23,27H,11-12,14H2,1-3H3,(H,30,31)/t19-,23-/m0/s1. The summed E-state index contributed by atoms with van der Waals surface area (Å²) in [5.41, 5.74) is 1.93. The van der Waals surface area contributed by atoms with Crippen LogP contribution in [0.5, 0.6) is 0 Å². The average Bonchev–Trinajstić information content (AvgIpc) is 3.37. The number of hydrogen-bond donors (Lipinski definition) is 2. The summed E-state index contributed by atoms with van der Waals surface area (Å²) in [5, 5.41) is 9.94. The van der Waals surface area contributed by atoms with E-state index in [0.29, 0.717) is 18.5 Å². The number of H-pyrrole nitrogens is 1. The van der Waals surface area contributed by atoms with Crippen molar-refractivity contribution >= 4 is 28.7 Å². The maximum absolute atomic E-state index is 13.6. The third-order valence-electron chi connectivity index (χ3n) is 5.88. The number of nitrogens with one attached hydrogen (secondary N) is 1. The number of ether oxygens (including phenoxy) is 1. The smallest absolute Gasteiger partial charge is 0.410 e. The zero-order valence-corrected chi connectivity index (χ0v) is 19.0. The van der Waals surface area contributed by atoms with Gasteiger partial charge in [0.05, 0.1) is 0 Å². The van der Waals surface area contributed by atoms with Crippen LogP contribution in [0.2, 0.25) is 0 Å². The number of hydrogen-bond acceptors (Lipinski definition) is 4. The number of carbonyl (C=O) groups is 3. The summed E-state index contributed by atoms with van der Waals surface area (Å²) in [6.07, 6.45) is 0.335. The summed E-state index contributed by atoms with van der Waals surface area (Å²) in [7, 11) is 0. The van der Waals surface area contributed by atoms with Gasteiger partial charge in [-0.15, -0.1) is 0 Å². The highest BCUT2D eigenvalue weighted by Crippen LogP contribution is 2.35. The van der Waals surface area contributed by atoms with E-state index in [1.54, 1.807) is 17.0 Å². The molecule has 0 bridgehead atoms. The number of ketones is 1. The molecule has 3 aromatic rings. The van der Waals surface area contributed by atoms with Crippen molar-refractivity contribution in [2.75, 3.05) is 6.54 Å². The zero-order chi connectivity index (χ0) is 23.8. The van der Waals surface area contributed by atoms with Gasteiger partial charge in [-0.1, -0.05) is 36.4 Å². The molecule has 0 aliphatic carbocycles. The van der Waals surface area contributed by atoms with E-state index >= 15 is 0 Å². The van der Waals surface area contributed by atoms with Gasteiger partial charge in [0, 0.05) is 29.8 Å². The van der Waals surface area contributed by atoms with Crippen LogP contribution in [0.15, 0.2) is 54.6 Å². The van der Waals surface area contributed by atoms with Crippen molar-refractivity contribution in [3.05, 3.63) is 71.4 Å². The topological polar surface area (TPSA) is 99.7 Å². The number of carboxylic acid groups (broad SMARTS) is 1. The van der Waals surface area contributed by atoms with Gasteiger partial charge >= 0.3 is 12.1 Å². The summed E-state index contributed by atoms with van der Waals surface area (Å²) in [5.74, 6) is -1.21. The number of aromatic nitrogens is 1. The van der Waals surface area contributed by atoms with E-state index in [2.05, 4.69) is 4.98 Å². The molecule has 0 radical (unpaired) electrons. The second-order valence-electron chi connectivity index (χ2n) is 9.48. The molecule has 2 N–H and O–H groups in total. The average molecular weight is 449 g/mol. The van der Waals surface area contributed by atoms with Crippen LogP contribution in [0.4, 0.5) is 4.79 Å². The Balaban J connectivity index is 1.62. The molecule has 1 fully saturated rings. The van der Waals surface area contributed by atoms with E-state index in [-0.39, 0.29) is 23.8 Å². The molecule has 172 valence electrons. The van der Waals surface area contributed by atoms with Crippen LogP contribution < -0.4 is 0 Å². The number of carboxylic acids is 1. The highest BCUT2D eigenvalue weighted by Gasteiger charge is 2.43. The largest absolute Gasteiger partial charge is 0.477 e. The van der Waals surface area contributed by atoms with Crippen molar-refractivity contribution in [1.29, 1.82) is 0 Å². The third-order valence-corrected chi connectivity index (χ3v) is 5.88. The van der Waals surface area contributed by atoms with Gasteiger partial charge in [-0.05, 0) is 56.5 Å². The fourth-order valence-corrected chi connectivity index (χ4v) is 4.48. The Morgan fingerprint density at radius 3 is 2.48 bits per heavy atom. The lowest BCUT2D eigenvalue weighted by Gasteiger charge is -2.30. The lowest BCUT2D eigenvalue weighted by Crippen LogP contribution is -2.45. The molecule has 7 nitrogen and oxygen atoms in total. The molecule has 1 amide bonds.